The number of carbonyl (C=O) groups excluding carboxylic acids is 2. The van der Waals surface area contributed by atoms with Crippen molar-refractivity contribution in [2.45, 2.75) is 13.3 Å². The molecule has 1 aliphatic rings. The number of nitrogens with two attached hydrogens (primary N) is 1. The maximum atomic E-state index is 12.3. The van der Waals surface area contributed by atoms with E-state index in [4.69, 9.17) is 5.73 Å². The van der Waals surface area contributed by atoms with Crippen LogP contribution in [0.15, 0.2) is 24.3 Å². The lowest BCUT2D eigenvalue weighted by atomic mass is 10.1. The van der Waals surface area contributed by atoms with Gasteiger partial charge in [-0.15, -0.1) is 24.8 Å². The van der Waals surface area contributed by atoms with Gasteiger partial charge in [0.15, 0.2) is 0 Å². The molecule has 3 N–H and O–H groups in total. The van der Waals surface area contributed by atoms with Gasteiger partial charge in [-0.3, -0.25) is 14.5 Å². The molecule has 0 radical (unpaired) electrons. The van der Waals surface area contributed by atoms with Crippen molar-refractivity contribution < 1.29 is 9.59 Å². The summed E-state index contributed by atoms with van der Waals surface area (Å²) in [5.74, 6) is 0.173. The van der Waals surface area contributed by atoms with Gasteiger partial charge >= 0.3 is 0 Å². The average molecular weight is 377 g/mol. The largest absolute Gasteiger partial charge is 0.399 e. The quantitative estimate of drug-likeness (QED) is 0.749. The van der Waals surface area contributed by atoms with Gasteiger partial charge in [0.2, 0.25) is 11.8 Å². The summed E-state index contributed by atoms with van der Waals surface area (Å²) >= 11 is 0. The Labute approximate surface area is 155 Å². The third kappa shape index (κ3) is 6.95. The molecule has 0 aromatic heterocycles. The van der Waals surface area contributed by atoms with Gasteiger partial charge in [-0.1, -0.05) is 12.1 Å². The Morgan fingerprint density at radius 1 is 1.08 bits per heavy atom. The summed E-state index contributed by atoms with van der Waals surface area (Å²) in [7, 11) is 0. The first-order valence-corrected chi connectivity index (χ1v) is 7.69. The first-order valence-electron chi connectivity index (χ1n) is 7.69. The van der Waals surface area contributed by atoms with E-state index in [1.807, 2.05) is 36.1 Å². The van der Waals surface area contributed by atoms with Crippen molar-refractivity contribution in [1.29, 1.82) is 0 Å². The summed E-state index contributed by atoms with van der Waals surface area (Å²) in [6.45, 7) is 5.80. The Kier molecular flexibility index (Phi) is 10.4. The van der Waals surface area contributed by atoms with Crippen LogP contribution in [0, 0.1) is 0 Å². The number of piperazine rings is 1. The van der Waals surface area contributed by atoms with Crippen LogP contribution in [0.1, 0.15) is 12.5 Å². The molecule has 6 nitrogen and oxygen atoms in total. The third-order valence-corrected chi connectivity index (χ3v) is 3.80. The van der Waals surface area contributed by atoms with Crippen LogP contribution < -0.4 is 11.1 Å². The molecular weight excluding hydrogens is 351 g/mol. The molecule has 0 bridgehead atoms. The maximum absolute atomic E-state index is 12.3. The Balaban J connectivity index is 0.00000264. The Morgan fingerprint density at radius 2 is 1.67 bits per heavy atom. The number of nitrogens with one attached hydrogen (secondary N) is 1. The van der Waals surface area contributed by atoms with Gasteiger partial charge < -0.3 is 16.0 Å². The van der Waals surface area contributed by atoms with Crippen LogP contribution >= 0.6 is 24.8 Å². The number of amides is 2. The summed E-state index contributed by atoms with van der Waals surface area (Å²) in [6, 6.07) is 7.40. The van der Waals surface area contributed by atoms with Crippen molar-refractivity contribution in [2.75, 3.05) is 45.0 Å². The van der Waals surface area contributed by atoms with Crippen molar-refractivity contribution in [3.63, 3.8) is 0 Å². The summed E-state index contributed by atoms with van der Waals surface area (Å²) in [5, 5.41) is 2.79. The molecule has 0 saturated carbocycles. The lowest BCUT2D eigenvalue weighted by Gasteiger charge is -2.34. The summed E-state index contributed by atoms with van der Waals surface area (Å²) in [6.07, 6.45) is 0.399. The van der Waals surface area contributed by atoms with Crippen LogP contribution in [0.5, 0.6) is 0 Å². The van der Waals surface area contributed by atoms with Gasteiger partial charge in [0, 0.05) is 38.4 Å². The second kappa shape index (κ2) is 11.1. The molecule has 1 saturated heterocycles. The van der Waals surface area contributed by atoms with Crippen LogP contribution in [-0.4, -0.2) is 60.9 Å². The topological polar surface area (TPSA) is 78.7 Å². The number of rotatable bonds is 5. The van der Waals surface area contributed by atoms with Crippen molar-refractivity contribution in [1.82, 2.24) is 15.1 Å². The molecular formula is C16H26Cl2N4O2. The zero-order valence-corrected chi connectivity index (χ0v) is 15.5. The molecule has 2 amide bonds. The molecule has 0 unspecified atom stereocenters. The van der Waals surface area contributed by atoms with Crippen LogP contribution in [0.25, 0.3) is 0 Å². The third-order valence-electron chi connectivity index (χ3n) is 3.80. The number of nitrogens with zero attached hydrogens (tertiary/aromatic N) is 2. The van der Waals surface area contributed by atoms with E-state index in [-0.39, 0.29) is 36.6 Å². The minimum atomic E-state index is 0. The van der Waals surface area contributed by atoms with Gasteiger partial charge in [0.1, 0.15) is 0 Å². The van der Waals surface area contributed by atoms with E-state index in [2.05, 4.69) is 10.2 Å². The fraction of sp³-hybridized carbons (Fsp3) is 0.500. The standard InChI is InChI=1S/C16H24N4O2.2ClH/c1-2-18-15(21)12-19-7-9-20(10-8-19)16(22)11-13-3-5-14(17)6-4-13;;/h3-6H,2,7-12,17H2,1H3,(H,18,21);2*1H. The molecule has 1 aromatic rings. The van der Waals surface area contributed by atoms with Crippen LogP contribution in [0.2, 0.25) is 0 Å². The van der Waals surface area contributed by atoms with Gasteiger partial charge in [0.25, 0.3) is 0 Å². The van der Waals surface area contributed by atoms with Crippen molar-refractivity contribution in [3.8, 4) is 0 Å². The highest BCUT2D eigenvalue weighted by atomic mass is 35.5. The molecule has 1 heterocycles. The number of likely N-dealkylation sites (N-methyl/N-ethyl adjacent to an activating group) is 1. The van der Waals surface area contributed by atoms with E-state index in [1.165, 1.54) is 0 Å². The maximum Gasteiger partial charge on any atom is 0.234 e. The van der Waals surface area contributed by atoms with E-state index in [0.29, 0.717) is 38.3 Å². The first kappa shape index (κ1) is 22.5. The number of halogens is 2. The zero-order chi connectivity index (χ0) is 15.9. The normalized spacial score (nSPS) is 14.3. The van der Waals surface area contributed by atoms with Crippen molar-refractivity contribution >= 4 is 42.3 Å². The number of nitrogen functional groups attached to an aromatic ring is 1. The summed E-state index contributed by atoms with van der Waals surface area (Å²) in [5.41, 5.74) is 7.32. The van der Waals surface area contributed by atoms with Gasteiger partial charge in [-0.2, -0.15) is 0 Å². The lowest BCUT2D eigenvalue weighted by molar-refractivity contribution is -0.132. The lowest BCUT2D eigenvalue weighted by Crippen LogP contribution is -2.51. The second-order valence-corrected chi connectivity index (χ2v) is 5.53. The van der Waals surface area contributed by atoms with Gasteiger partial charge in [-0.25, -0.2) is 0 Å². The molecule has 1 aliphatic heterocycles. The molecule has 24 heavy (non-hydrogen) atoms. The molecule has 0 spiro atoms. The predicted molar refractivity (Wildman–Crippen MR) is 101 cm³/mol. The number of benzene rings is 1. The molecule has 1 fully saturated rings. The number of hydrogen-bond donors (Lipinski definition) is 2. The predicted octanol–water partition coefficient (Wildman–Crippen LogP) is 0.935. The summed E-state index contributed by atoms with van der Waals surface area (Å²) in [4.78, 5) is 27.8. The molecule has 1 aromatic carbocycles. The second-order valence-electron chi connectivity index (χ2n) is 5.53. The average Bonchev–Trinajstić information content (AvgIpc) is 2.50. The molecule has 0 aliphatic carbocycles. The first-order chi connectivity index (χ1) is 10.6. The number of carbonyl (C=O) groups is 2. The van der Waals surface area contributed by atoms with Crippen LogP contribution in [0.3, 0.4) is 0 Å². The molecule has 8 heteroatoms. The smallest absolute Gasteiger partial charge is 0.234 e. The van der Waals surface area contributed by atoms with Gasteiger partial charge in [-0.05, 0) is 24.6 Å². The Hall–Kier alpha value is -1.50. The monoisotopic (exact) mass is 376 g/mol. The van der Waals surface area contributed by atoms with E-state index in [0.717, 1.165) is 18.7 Å². The SMILES string of the molecule is CCNC(=O)CN1CCN(C(=O)Cc2ccc(N)cc2)CC1.Cl.Cl. The Morgan fingerprint density at radius 3 is 2.21 bits per heavy atom. The van der Waals surface area contributed by atoms with E-state index in [1.54, 1.807) is 0 Å². The highest BCUT2D eigenvalue weighted by molar-refractivity contribution is 5.85. The fourth-order valence-electron chi connectivity index (χ4n) is 2.53. The van der Waals surface area contributed by atoms with Crippen LogP contribution in [0.4, 0.5) is 5.69 Å². The minimum Gasteiger partial charge on any atom is -0.399 e. The minimum absolute atomic E-state index is 0. The van der Waals surface area contributed by atoms with Gasteiger partial charge in [0.05, 0.1) is 13.0 Å². The van der Waals surface area contributed by atoms with E-state index in [9.17, 15) is 9.59 Å². The van der Waals surface area contributed by atoms with Crippen LogP contribution in [-0.2, 0) is 16.0 Å². The highest BCUT2D eigenvalue weighted by Crippen LogP contribution is 2.09. The molecule has 0 atom stereocenters. The summed E-state index contributed by atoms with van der Waals surface area (Å²) < 4.78 is 0. The number of anilines is 1. The molecule has 136 valence electrons. The zero-order valence-electron chi connectivity index (χ0n) is 13.9. The van der Waals surface area contributed by atoms with E-state index >= 15 is 0 Å². The number of hydrogen-bond acceptors (Lipinski definition) is 4. The van der Waals surface area contributed by atoms with E-state index < -0.39 is 0 Å². The highest BCUT2D eigenvalue weighted by Gasteiger charge is 2.22. The van der Waals surface area contributed by atoms with Crippen molar-refractivity contribution in [3.05, 3.63) is 29.8 Å². The molecule has 2 rings (SSSR count). The van der Waals surface area contributed by atoms with Crippen molar-refractivity contribution in [2.24, 2.45) is 0 Å². The fourth-order valence-corrected chi connectivity index (χ4v) is 2.53. The Bertz CT molecular complexity index is 517.